The number of hydrogen-bond donors (Lipinski definition) is 1. The second kappa shape index (κ2) is 11.4. The molecule has 0 bridgehead atoms. The van der Waals surface area contributed by atoms with Crippen LogP contribution in [0.15, 0.2) is 59.5 Å². The fourth-order valence-electron chi connectivity index (χ4n) is 2.06. The Bertz CT molecular complexity index is 844. The molecular weight excluding hydrogens is 505 g/mol. The van der Waals surface area contributed by atoms with E-state index in [1.807, 2.05) is 13.0 Å². The molecule has 0 spiro atoms. The Hall–Kier alpha value is -1.49. The molecule has 2 rings (SSSR count). The molecule has 2 aromatic rings. The van der Waals surface area contributed by atoms with Gasteiger partial charge in [-0.15, -0.1) is 14.1 Å². The lowest BCUT2D eigenvalue weighted by molar-refractivity contribution is -0.140. The summed E-state index contributed by atoms with van der Waals surface area (Å²) in [4.78, 5) is 20.7. The summed E-state index contributed by atoms with van der Waals surface area (Å²) in [5, 5.41) is 9.45. The highest BCUT2D eigenvalue weighted by Gasteiger charge is 2.34. The third kappa shape index (κ3) is 7.21. The summed E-state index contributed by atoms with van der Waals surface area (Å²) in [7, 11) is -3.88. The van der Waals surface area contributed by atoms with Gasteiger partial charge >= 0.3 is 5.97 Å². The lowest BCUT2D eigenvalue weighted by Gasteiger charge is -2.22. The van der Waals surface area contributed by atoms with Gasteiger partial charge in [0.25, 0.3) is 10.0 Å². The first kappa shape index (κ1) is 23.5. The van der Waals surface area contributed by atoms with E-state index in [2.05, 4.69) is 0 Å². The van der Waals surface area contributed by atoms with Crippen LogP contribution in [0.25, 0.3) is 0 Å². The number of carboxylic acid groups (broad SMARTS) is 1. The van der Waals surface area contributed by atoms with Crippen molar-refractivity contribution in [2.45, 2.75) is 24.3 Å². The van der Waals surface area contributed by atoms with E-state index in [1.54, 1.807) is 59.3 Å². The minimum Gasteiger partial charge on any atom is -0.480 e. The van der Waals surface area contributed by atoms with Gasteiger partial charge in [-0.25, -0.2) is 8.42 Å². The SMILES string of the molecule is Cc1ccc(S(=O)(=O)N(I)C(Cc2ccccc2)C(=O)O)cc1.O=CCCl. The molecule has 1 N–H and O–H groups in total. The number of nitrogens with zero attached hydrogens (tertiary/aromatic N) is 1. The molecule has 146 valence electrons. The van der Waals surface area contributed by atoms with Crippen molar-refractivity contribution in [1.29, 1.82) is 0 Å². The molecule has 0 aromatic heterocycles. The van der Waals surface area contributed by atoms with Crippen molar-refractivity contribution in [2.24, 2.45) is 0 Å². The highest BCUT2D eigenvalue weighted by atomic mass is 127. The minimum atomic E-state index is -3.88. The fraction of sp³-hybridized carbons (Fsp3) is 0.222. The van der Waals surface area contributed by atoms with Gasteiger partial charge in [-0.3, -0.25) is 4.79 Å². The van der Waals surface area contributed by atoms with Gasteiger partial charge in [0.1, 0.15) is 12.3 Å². The third-order valence-corrected chi connectivity index (χ3v) is 7.35. The Morgan fingerprint density at radius 3 is 2.15 bits per heavy atom. The molecule has 27 heavy (non-hydrogen) atoms. The lowest BCUT2D eigenvalue weighted by atomic mass is 10.1. The second-order valence-electron chi connectivity index (χ2n) is 5.42. The molecule has 0 heterocycles. The van der Waals surface area contributed by atoms with Crippen LogP contribution in [0.3, 0.4) is 0 Å². The number of aliphatic carboxylic acids is 1. The van der Waals surface area contributed by atoms with Crippen LogP contribution in [-0.2, 0) is 26.0 Å². The summed E-state index contributed by atoms with van der Waals surface area (Å²) >= 11 is 6.38. The van der Waals surface area contributed by atoms with E-state index in [1.165, 1.54) is 12.1 Å². The van der Waals surface area contributed by atoms with Gasteiger partial charge in [0.15, 0.2) is 0 Å². The molecule has 0 aliphatic heterocycles. The molecule has 0 aliphatic rings. The first-order chi connectivity index (χ1) is 12.7. The van der Waals surface area contributed by atoms with Crippen LogP contribution in [0.5, 0.6) is 0 Å². The van der Waals surface area contributed by atoms with Crippen LogP contribution in [0.4, 0.5) is 0 Å². The molecule has 0 aliphatic carbocycles. The molecule has 1 unspecified atom stereocenters. The van der Waals surface area contributed by atoms with Crippen molar-refractivity contribution >= 4 is 56.7 Å². The monoisotopic (exact) mass is 523 g/mol. The maximum absolute atomic E-state index is 12.6. The standard InChI is InChI=1S/C16H16INO4S.C2H3ClO/c1-12-7-9-14(10-8-12)23(21,22)18(17)15(16(19)20)11-13-5-3-2-4-6-13;3-1-2-4/h2-10,15H,11H2,1H3,(H,19,20);2H,1H2. The second-order valence-corrected chi connectivity index (χ2v) is 9.24. The first-order valence-corrected chi connectivity index (χ1v) is 10.7. The Labute approximate surface area is 177 Å². The number of carbonyl (C=O) groups excluding carboxylic acids is 1. The number of hydrogen-bond acceptors (Lipinski definition) is 4. The Kier molecular flexibility index (Phi) is 9.92. The van der Waals surface area contributed by atoms with Crippen molar-refractivity contribution in [1.82, 2.24) is 2.52 Å². The van der Waals surface area contributed by atoms with Crippen LogP contribution < -0.4 is 0 Å². The van der Waals surface area contributed by atoms with Gasteiger partial charge in [-0.2, -0.15) is 0 Å². The maximum atomic E-state index is 12.6. The normalized spacial score (nSPS) is 12.0. The highest BCUT2D eigenvalue weighted by molar-refractivity contribution is 14.1. The Balaban J connectivity index is 0.000000828. The molecule has 0 amide bonds. The van der Waals surface area contributed by atoms with Crippen molar-refractivity contribution in [3.8, 4) is 0 Å². The van der Waals surface area contributed by atoms with Crippen LogP contribution in [0, 0.1) is 6.92 Å². The molecule has 1 atom stereocenters. The van der Waals surface area contributed by atoms with E-state index in [9.17, 15) is 18.3 Å². The molecular formula is C18H19ClINO5S. The number of benzene rings is 2. The highest BCUT2D eigenvalue weighted by Crippen LogP contribution is 2.24. The zero-order valence-corrected chi connectivity index (χ0v) is 18.2. The summed E-state index contributed by atoms with van der Waals surface area (Å²) in [6.45, 7) is 1.85. The number of aryl methyl sites for hydroxylation is 1. The smallest absolute Gasteiger partial charge is 0.323 e. The average molecular weight is 524 g/mol. The summed E-state index contributed by atoms with van der Waals surface area (Å²) in [5.74, 6) is -1.07. The number of rotatable bonds is 7. The predicted molar refractivity (Wildman–Crippen MR) is 113 cm³/mol. The van der Waals surface area contributed by atoms with E-state index >= 15 is 0 Å². The number of aldehydes is 1. The molecule has 6 nitrogen and oxygen atoms in total. The van der Waals surface area contributed by atoms with Crippen LogP contribution in [-0.4, -0.2) is 40.2 Å². The number of sulfonamides is 1. The molecule has 0 radical (unpaired) electrons. The average Bonchev–Trinajstić information content (AvgIpc) is 2.66. The van der Waals surface area contributed by atoms with Gasteiger partial charge < -0.3 is 9.90 Å². The van der Waals surface area contributed by atoms with Crippen molar-refractivity contribution in [2.75, 3.05) is 5.88 Å². The number of carboxylic acids is 1. The molecule has 0 saturated carbocycles. The fourth-order valence-corrected chi connectivity index (χ4v) is 4.36. The molecule has 9 heteroatoms. The zero-order chi connectivity index (χ0) is 20.4. The number of alkyl halides is 1. The minimum absolute atomic E-state index is 0.0804. The van der Waals surface area contributed by atoms with E-state index in [4.69, 9.17) is 16.4 Å². The van der Waals surface area contributed by atoms with Crippen molar-refractivity contribution < 1.29 is 23.1 Å². The summed E-state index contributed by atoms with van der Waals surface area (Å²) in [5.41, 5.74) is 1.70. The number of halogens is 2. The summed E-state index contributed by atoms with van der Waals surface area (Å²) in [6, 6.07) is 14.1. The third-order valence-electron chi connectivity index (χ3n) is 3.41. The van der Waals surface area contributed by atoms with E-state index in [0.29, 0.717) is 6.29 Å². The van der Waals surface area contributed by atoms with E-state index < -0.39 is 22.0 Å². The quantitative estimate of drug-likeness (QED) is 0.260. The lowest BCUT2D eigenvalue weighted by Crippen LogP contribution is -2.40. The van der Waals surface area contributed by atoms with Crippen molar-refractivity contribution in [3.05, 3.63) is 65.7 Å². The van der Waals surface area contributed by atoms with Crippen LogP contribution in [0.1, 0.15) is 11.1 Å². The van der Waals surface area contributed by atoms with Crippen LogP contribution in [0.2, 0.25) is 0 Å². The zero-order valence-electron chi connectivity index (χ0n) is 14.5. The first-order valence-electron chi connectivity index (χ1n) is 7.77. The van der Waals surface area contributed by atoms with Gasteiger partial charge in [0, 0.05) is 29.3 Å². The van der Waals surface area contributed by atoms with Gasteiger partial charge in [0.2, 0.25) is 0 Å². The largest absolute Gasteiger partial charge is 0.480 e. The van der Waals surface area contributed by atoms with Gasteiger partial charge in [-0.1, -0.05) is 48.0 Å². The molecule has 0 fully saturated rings. The summed E-state index contributed by atoms with van der Waals surface area (Å²) in [6.07, 6.45) is 0.742. The predicted octanol–water partition coefficient (Wildman–Crippen LogP) is 3.46. The summed E-state index contributed by atoms with van der Waals surface area (Å²) < 4.78 is 26.2. The maximum Gasteiger partial charge on any atom is 0.323 e. The van der Waals surface area contributed by atoms with Gasteiger partial charge in [0.05, 0.1) is 10.8 Å². The molecule has 2 aromatic carbocycles. The Morgan fingerprint density at radius 1 is 1.19 bits per heavy atom. The van der Waals surface area contributed by atoms with Crippen molar-refractivity contribution in [3.63, 3.8) is 0 Å². The Morgan fingerprint density at radius 2 is 1.70 bits per heavy atom. The van der Waals surface area contributed by atoms with Crippen LogP contribution >= 0.6 is 34.5 Å². The number of carbonyl (C=O) groups is 2. The van der Waals surface area contributed by atoms with E-state index in [-0.39, 0.29) is 17.2 Å². The van der Waals surface area contributed by atoms with Gasteiger partial charge in [-0.05, 0) is 24.6 Å². The molecule has 0 saturated heterocycles. The van der Waals surface area contributed by atoms with E-state index in [0.717, 1.165) is 13.6 Å². The topological polar surface area (TPSA) is 91.8 Å².